The van der Waals surface area contributed by atoms with E-state index in [1.807, 2.05) is 0 Å². The smallest absolute Gasteiger partial charge is 0.261 e. The van der Waals surface area contributed by atoms with Crippen molar-refractivity contribution >= 4 is 11.8 Å². The summed E-state index contributed by atoms with van der Waals surface area (Å²) in [5, 5.41) is 0. The molecule has 0 spiro atoms. The number of hydrogen-bond donors (Lipinski definition) is 0. The van der Waals surface area contributed by atoms with Crippen LogP contribution in [0.1, 0.15) is 26.3 Å². The number of pyridine rings is 1. The molecule has 3 rings (SSSR count). The minimum atomic E-state index is -0.630. The van der Waals surface area contributed by atoms with Gasteiger partial charge in [-0.15, -0.1) is 0 Å². The first-order chi connectivity index (χ1) is 9.16. The molecule has 0 radical (unpaired) electrons. The van der Waals surface area contributed by atoms with Crippen molar-refractivity contribution in [3.63, 3.8) is 0 Å². The molecule has 0 unspecified atom stereocenters. The molecular formula is C14H9FN2O2. The maximum atomic E-state index is 13.0. The van der Waals surface area contributed by atoms with Crippen molar-refractivity contribution in [3.05, 3.63) is 65.2 Å². The van der Waals surface area contributed by atoms with Crippen LogP contribution in [0.4, 0.5) is 4.39 Å². The maximum absolute atomic E-state index is 13.0. The summed E-state index contributed by atoms with van der Waals surface area (Å²) >= 11 is 0. The normalized spacial score (nSPS) is 13.8. The topological polar surface area (TPSA) is 50.3 Å². The second kappa shape index (κ2) is 4.28. The van der Waals surface area contributed by atoms with Gasteiger partial charge in [0.2, 0.25) is 5.95 Å². The van der Waals surface area contributed by atoms with Gasteiger partial charge in [0.05, 0.1) is 17.7 Å². The molecule has 1 aromatic carbocycles. The third-order valence-electron chi connectivity index (χ3n) is 3.01. The van der Waals surface area contributed by atoms with Crippen LogP contribution in [0.15, 0.2) is 42.6 Å². The number of aromatic nitrogens is 1. The molecule has 5 heteroatoms. The van der Waals surface area contributed by atoms with E-state index >= 15 is 0 Å². The van der Waals surface area contributed by atoms with Gasteiger partial charge in [-0.25, -0.2) is 4.98 Å². The number of carbonyl (C=O) groups excluding carboxylic acids is 2. The fourth-order valence-corrected chi connectivity index (χ4v) is 2.11. The number of imide groups is 1. The maximum Gasteiger partial charge on any atom is 0.261 e. The van der Waals surface area contributed by atoms with Crippen molar-refractivity contribution < 1.29 is 14.0 Å². The number of amides is 2. The summed E-state index contributed by atoms with van der Waals surface area (Å²) in [5.74, 6) is -1.33. The zero-order chi connectivity index (χ0) is 13.4. The highest BCUT2D eigenvalue weighted by molar-refractivity contribution is 6.21. The molecule has 0 saturated carbocycles. The van der Waals surface area contributed by atoms with Crippen LogP contribution in [-0.2, 0) is 6.54 Å². The highest BCUT2D eigenvalue weighted by Crippen LogP contribution is 2.24. The fraction of sp³-hybridized carbons (Fsp3) is 0.0714. The molecular weight excluding hydrogens is 247 g/mol. The molecule has 1 aliphatic rings. The summed E-state index contributed by atoms with van der Waals surface area (Å²) in [6, 6.07) is 9.43. The van der Waals surface area contributed by atoms with E-state index in [0.29, 0.717) is 16.7 Å². The fourth-order valence-electron chi connectivity index (χ4n) is 2.11. The van der Waals surface area contributed by atoms with Crippen molar-refractivity contribution in [2.75, 3.05) is 0 Å². The van der Waals surface area contributed by atoms with E-state index in [-0.39, 0.29) is 18.4 Å². The summed E-state index contributed by atoms with van der Waals surface area (Å²) in [6.45, 7) is 0.0474. The lowest BCUT2D eigenvalue weighted by Crippen LogP contribution is -2.29. The third-order valence-corrected chi connectivity index (χ3v) is 3.01. The lowest BCUT2D eigenvalue weighted by molar-refractivity contribution is 0.0642. The molecule has 0 N–H and O–H groups in total. The standard InChI is InChI=1S/C14H9FN2O2/c15-12-7-9(5-6-16-12)8-17-13(18)10-3-1-2-4-11(10)14(17)19/h1-7H,8H2. The van der Waals surface area contributed by atoms with E-state index < -0.39 is 5.95 Å². The van der Waals surface area contributed by atoms with Gasteiger partial charge >= 0.3 is 0 Å². The first-order valence-electron chi connectivity index (χ1n) is 5.72. The van der Waals surface area contributed by atoms with Gasteiger partial charge in [0.15, 0.2) is 0 Å². The van der Waals surface area contributed by atoms with Gasteiger partial charge in [-0.05, 0) is 29.8 Å². The molecule has 0 fully saturated rings. The Hall–Kier alpha value is -2.56. The van der Waals surface area contributed by atoms with Crippen molar-refractivity contribution in [1.29, 1.82) is 0 Å². The Morgan fingerprint density at radius 2 is 1.68 bits per heavy atom. The van der Waals surface area contributed by atoms with Gasteiger partial charge in [0.1, 0.15) is 0 Å². The summed E-state index contributed by atoms with van der Waals surface area (Å²) in [4.78, 5) is 28.7. The lowest BCUT2D eigenvalue weighted by atomic mass is 10.1. The predicted octanol–water partition coefficient (Wildman–Crippen LogP) is 2.02. The van der Waals surface area contributed by atoms with Gasteiger partial charge in [-0.2, -0.15) is 4.39 Å². The van der Waals surface area contributed by atoms with E-state index in [0.717, 1.165) is 4.90 Å². The molecule has 0 atom stereocenters. The van der Waals surface area contributed by atoms with Crippen LogP contribution in [-0.4, -0.2) is 21.7 Å². The average molecular weight is 256 g/mol. The van der Waals surface area contributed by atoms with Gasteiger partial charge in [-0.1, -0.05) is 12.1 Å². The summed E-state index contributed by atoms with van der Waals surface area (Å²) in [7, 11) is 0. The minimum Gasteiger partial charge on any atom is -0.270 e. The Morgan fingerprint density at radius 1 is 1.05 bits per heavy atom. The Bertz CT molecular complexity index is 650. The van der Waals surface area contributed by atoms with E-state index in [9.17, 15) is 14.0 Å². The van der Waals surface area contributed by atoms with Crippen LogP contribution in [0, 0.1) is 5.95 Å². The number of nitrogens with zero attached hydrogens (tertiary/aromatic N) is 2. The number of hydrogen-bond acceptors (Lipinski definition) is 3. The summed E-state index contributed by atoms with van der Waals surface area (Å²) in [6.07, 6.45) is 1.31. The predicted molar refractivity (Wildman–Crippen MR) is 64.8 cm³/mol. The first kappa shape index (κ1) is 11.5. The van der Waals surface area contributed by atoms with Crippen LogP contribution in [0.25, 0.3) is 0 Å². The number of rotatable bonds is 2. The third kappa shape index (κ3) is 1.89. The van der Waals surface area contributed by atoms with Crippen LogP contribution >= 0.6 is 0 Å². The van der Waals surface area contributed by atoms with Gasteiger partial charge in [-0.3, -0.25) is 14.5 Å². The Labute approximate surface area is 108 Å². The molecule has 94 valence electrons. The molecule has 2 heterocycles. The van der Waals surface area contributed by atoms with Crippen LogP contribution in [0.5, 0.6) is 0 Å². The van der Waals surface area contributed by atoms with Crippen LogP contribution < -0.4 is 0 Å². The first-order valence-corrected chi connectivity index (χ1v) is 5.72. The largest absolute Gasteiger partial charge is 0.270 e. The Morgan fingerprint density at radius 3 is 2.26 bits per heavy atom. The quantitative estimate of drug-likeness (QED) is 0.610. The molecule has 1 aliphatic heterocycles. The zero-order valence-corrected chi connectivity index (χ0v) is 9.84. The SMILES string of the molecule is O=C1c2ccccc2C(=O)N1Cc1ccnc(F)c1. The number of halogens is 1. The molecule has 0 saturated heterocycles. The summed E-state index contributed by atoms with van der Waals surface area (Å²) in [5.41, 5.74) is 1.31. The van der Waals surface area contributed by atoms with E-state index in [1.54, 1.807) is 30.3 Å². The van der Waals surface area contributed by atoms with Crippen molar-refractivity contribution in [1.82, 2.24) is 9.88 Å². The highest BCUT2D eigenvalue weighted by atomic mass is 19.1. The van der Waals surface area contributed by atoms with Gasteiger partial charge in [0, 0.05) is 6.20 Å². The molecule has 1 aromatic heterocycles. The molecule has 2 amide bonds. The monoisotopic (exact) mass is 256 g/mol. The summed E-state index contributed by atoms with van der Waals surface area (Å²) < 4.78 is 13.0. The Kier molecular flexibility index (Phi) is 2.59. The molecule has 2 aromatic rings. The second-order valence-electron chi connectivity index (χ2n) is 4.23. The van der Waals surface area contributed by atoms with Crippen LogP contribution in [0.2, 0.25) is 0 Å². The van der Waals surface area contributed by atoms with E-state index in [2.05, 4.69) is 4.98 Å². The van der Waals surface area contributed by atoms with Crippen molar-refractivity contribution in [3.8, 4) is 0 Å². The second-order valence-corrected chi connectivity index (χ2v) is 4.23. The van der Waals surface area contributed by atoms with E-state index in [1.165, 1.54) is 12.3 Å². The lowest BCUT2D eigenvalue weighted by Gasteiger charge is -2.13. The van der Waals surface area contributed by atoms with Crippen molar-refractivity contribution in [2.45, 2.75) is 6.54 Å². The van der Waals surface area contributed by atoms with Crippen LogP contribution in [0.3, 0.4) is 0 Å². The molecule has 19 heavy (non-hydrogen) atoms. The number of benzene rings is 1. The van der Waals surface area contributed by atoms with Gasteiger partial charge < -0.3 is 0 Å². The number of carbonyl (C=O) groups is 2. The Balaban J connectivity index is 1.92. The van der Waals surface area contributed by atoms with E-state index in [4.69, 9.17) is 0 Å². The molecule has 4 nitrogen and oxygen atoms in total. The minimum absolute atomic E-state index is 0.0474. The van der Waals surface area contributed by atoms with Gasteiger partial charge in [0.25, 0.3) is 11.8 Å². The molecule has 0 aliphatic carbocycles. The average Bonchev–Trinajstić information content (AvgIpc) is 2.65. The zero-order valence-electron chi connectivity index (χ0n) is 9.84. The molecule has 0 bridgehead atoms. The highest BCUT2D eigenvalue weighted by Gasteiger charge is 2.34. The van der Waals surface area contributed by atoms with Crippen molar-refractivity contribution in [2.24, 2.45) is 0 Å². The number of fused-ring (bicyclic) bond motifs is 1.